The predicted molar refractivity (Wildman–Crippen MR) is 103 cm³/mol. The maximum absolute atomic E-state index is 12.6. The molecule has 4 heteroatoms. The zero-order valence-corrected chi connectivity index (χ0v) is 17.5. The van der Waals surface area contributed by atoms with Gasteiger partial charge in [0.05, 0.1) is 5.92 Å². The van der Waals surface area contributed by atoms with Crippen LogP contribution in [0, 0.1) is 0 Å². The fraction of sp³-hybridized carbons (Fsp3) is 0.667. The summed E-state index contributed by atoms with van der Waals surface area (Å²) in [7, 11) is 3.75. The third-order valence-corrected chi connectivity index (χ3v) is 4.62. The van der Waals surface area contributed by atoms with Crippen molar-refractivity contribution in [3.05, 3.63) is 28.8 Å². The minimum atomic E-state index is -0.398. The van der Waals surface area contributed by atoms with Crippen molar-refractivity contribution in [3.8, 4) is 5.75 Å². The molecule has 0 saturated carbocycles. The molecule has 1 rings (SSSR count). The van der Waals surface area contributed by atoms with Crippen LogP contribution in [0.1, 0.15) is 78.0 Å². The van der Waals surface area contributed by atoms with Crippen LogP contribution in [0.25, 0.3) is 0 Å². The molecule has 0 aliphatic heterocycles. The highest BCUT2D eigenvalue weighted by Gasteiger charge is 2.29. The van der Waals surface area contributed by atoms with E-state index in [1.165, 1.54) is 0 Å². The number of ether oxygens (including phenoxy) is 1. The van der Waals surface area contributed by atoms with Gasteiger partial charge in [-0.15, -0.1) is 0 Å². The van der Waals surface area contributed by atoms with Crippen molar-refractivity contribution in [3.63, 3.8) is 0 Å². The highest BCUT2D eigenvalue weighted by Crippen LogP contribution is 2.41. The van der Waals surface area contributed by atoms with Crippen LogP contribution in [0.4, 0.5) is 0 Å². The Morgan fingerprint density at radius 2 is 1.40 bits per heavy atom. The molecular formula is C21H35NO3. The van der Waals surface area contributed by atoms with E-state index in [9.17, 15) is 9.90 Å². The first-order valence-electron chi connectivity index (χ1n) is 8.91. The normalized spacial score (nSPS) is 15.2. The minimum Gasteiger partial charge on any atom is -0.507 e. The molecule has 0 amide bonds. The van der Waals surface area contributed by atoms with Gasteiger partial charge >= 0.3 is 5.97 Å². The number of carbonyl (C=O) groups excluding carboxylic acids is 1. The second-order valence-electron chi connectivity index (χ2n) is 9.19. The lowest BCUT2D eigenvalue weighted by molar-refractivity contribution is -0.156. The molecule has 0 bridgehead atoms. The van der Waals surface area contributed by atoms with Gasteiger partial charge in [0.25, 0.3) is 0 Å². The van der Waals surface area contributed by atoms with Gasteiger partial charge in [0, 0.05) is 0 Å². The summed E-state index contributed by atoms with van der Waals surface area (Å²) in [4.78, 5) is 14.4. The second kappa shape index (κ2) is 7.36. The summed E-state index contributed by atoms with van der Waals surface area (Å²) in [6.07, 6.45) is -0.281. The van der Waals surface area contributed by atoms with Crippen molar-refractivity contribution in [1.82, 2.24) is 4.90 Å². The molecule has 2 unspecified atom stereocenters. The van der Waals surface area contributed by atoms with Crippen LogP contribution >= 0.6 is 0 Å². The van der Waals surface area contributed by atoms with Crippen LogP contribution < -0.4 is 0 Å². The Morgan fingerprint density at radius 3 is 1.72 bits per heavy atom. The highest BCUT2D eigenvalue weighted by atomic mass is 16.6. The summed E-state index contributed by atoms with van der Waals surface area (Å²) in [6, 6.07) is 3.88. The molecule has 2 atom stereocenters. The van der Waals surface area contributed by atoms with Gasteiger partial charge in [-0.1, -0.05) is 53.7 Å². The van der Waals surface area contributed by atoms with Gasteiger partial charge in [0.15, 0.2) is 6.23 Å². The zero-order valence-electron chi connectivity index (χ0n) is 17.5. The van der Waals surface area contributed by atoms with Crippen molar-refractivity contribution < 1.29 is 14.6 Å². The standard InChI is InChI=1S/C21H35NO3/c1-13(19(24)25-14(2)22(9)10)15-11-16(20(3,4)5)18(23)17(12-15)21(6,7)8/h11-14,23H,1-10H3. The first kappa shape index (κ1) is 21.5. The molecule has 0 aromatic heterocycles. The van der Waals surface area contributed by atoms with Crippen molar-refractivity contribution >= 4 is 5.97 Å². The number of benzene rings is 1. The number of hydrogen-bond donors (Lipinski definition) is 1. The Kier molecular flexibility index (Phi) is 6.33. The highest BCUT2D eigenvalue weighted by molar-refractivity contribution is 5.78. The van der Waals surface area contributed by atoms with Crippen LogP contribution in [0.3, 0.4) is 0 Å². The fourth-order valence-corrected chi connectivity index (χ4v) is 2.56. The van der Waals surface area contributed by atoms with E-state index in [1.54, 1.807) is 0 Å². The number of esters is 1. The molecule has 4 nitrogen and oxygen atoms in total. The Bertz CT molecular complexity index is 586. The Balaban J connectivity index is 3.38. The van der Waals surface area contributed by atoms with E-state index in [0.717, 1.165) is 16.7 Å². The van der Waals surface area contributed by atoms with E-state index in [2.05, 4.69) is 41.5 Å². The quantitative estimate of drug-likeness (QED) is 0.640. The van der Waals surface area contributed by atoms with E-state index in [-0.39, 0.29) is 23.0 Å². The number of aromatic hydroxyl groups is 1. The van der Waals surface area contributed by atoms with Gasteiger partial charge in [-0.2, -0.15) is 0 Å². The summed E-state index contributed by atoms with van der Waals surface area (Å²) in [5.74, 6) is -0.331. The molecule has 0 aliphatic carbocycles. The smallest absolute Gasteiger partial charge is 0.314 e. The van der Waals surface area contributed by atoms with Crippen LogP contribution in [0.2, 0.25) is 0 Å². The third-order valence-electron chi connectivity index (χ3n) is 4.62. The van der Waals surface area contributed by atoms with Crippen LogP contribution in [-0.4, -0.2) is 36.3 Å². The molecular weight excluding hydrogens is 314 g/mol. The summed E-state index contributed by atoms with van der Waals surface area (Å²) >= 11 is 0. The molecule has 25 heavy (non-hydrogen) atoms. The number of phenols is 1. The lowest BCUT2D eigenvalue weighted by atomic mass is 9.77. The molecule has 0 heterocycles. The number of hydrogen-bond acceptors (Lipinski definition) is 4. The van der Waals surface area contributed by atoms with Gasteiger partial charge in [-0.25, -0.2) is 0 Å². The molecule has 1 aromatic rings. The zero-order chi connectivity index (χ0) is 19.7. The van der Waals surface area contributed by atoms with E-state index < -0.39 is 5.92 Å². The lowest BCUT2D eigenvalue weighted by Crippen LogP contribution is -2.31. The molecule has 0 spiro atoms. The van der Waals surface area contributed by atoms with Crippen molar-refractivity contribution in [2.24, 2.45) is 0 Å². The average Bonchev–Trinajstić information content (AvgIpc) is 2.43. The molecule has 142 valence electrons. The number of phenolic OH excluding ortho intramolecular Hbond substituents is 1. The lowest BCUT2D eigenvalue weighted by Gasteiger charge is -2.29. The molecule has 0 fully saturated rings. The monoisotopic (exact) mass is 349 g/mol. The summed E-state index contributed by atoms with van der Waals surface area (Å²) in [5, 5.41) is 10.8. The van der Waals surface area contributed by atoms with Gasteiger partial charge in [-0.3, -0.25) is 9.69 Å². The number of rotatable bonds is 4. The van der Waals surface area contributed by atoms with Crippen LogP contribution in [0.15, 0.2) is 12.1 Å². The van der Waals surface area contributed by atoms with Crippen LogP contribution in [-0.2, 0) is 20.4 Å². The largest absolute Gasteiger partial charge is 0.507 e. The van der Waals surface area contributed by atoms with E-state index in [4.69, 9.17) is 4.74 Å². The van der Waals surface area contributed by atoms with Gasteiger partial charge in [-0.05, 0) is 55.5 Å². The van der Waals surface area contributed by atoms with Crippen molar-refractivity contribution in [2.45, 2.75) is 78.4 Å². The van der Waals surface area contributed by atoms with Gasteiger partial charge in [0.1, 0.15) is 5.75 Å². The van der Waals surface area contributed by atoms with Gasteiger partial charge in [0.2, 0.25) is 0 Å². The van der Waals surface area contributed by atoms with Crippen LogP contribution in [0.5, 0.6) is 5.75 Å². The first-order chi connectivity index (χ1) is 11.2. The van der Waals surface area contributed by atoms with E-state index in [0.29, 0.717) is 5.75 Å². The Hall–Kier alpha value is -1.55. The topological polar surface area (TPSA) is 49.8 Å². The second-order valence-corrected chi connectivity index (χ2v) is 9.19. The fourth-order valence-electron chi connectivity index (χ4n) is 2.56. The van der Waals surface area contributed by atoms with E-state index in [1.807, 2.05) is 45.0 Å². The SMILES string of the molecule is CC(C(=O)OC(C)N(C)C)c1cc(C(C)(C)C)c(O)c(C(C)(C)C)c1. The number of carbonyl (C=O) groups is 1. The number of nitrogens with zero attached hydrogens (tertiary/aromatic N) is 1. The van der Waals surface area contributed by atoms with E-state index >= 15 is 0 Å². The third kappa shape index (κ3) is 5.21. The Labute approximate surface area is 153 Å². The Morgan fingerprint density at radius 1 is 1.00 bits per heavy atom. The average molecular weight is 350 g/mol. The maximum atomic E-state index is 12.6. The minimum absolute atomic E-state index is 0.222. The van der Waals surface area contributed by atoms with Gasteiger partial charge < -0.3 is 9.84 Å². The molecule has 1 N–H and O–H groups in total. The van der Waals surface area contributed by atoms with Crippen molar-refractivity contribution in [2.75, 3.05) is 14.1 Å². The summed E-state index contributed by atoms with van der Waals surface area (Å²) in [5.41, 5.74) is 2.15. The summed E-state index contributed by atoms with van der Waals surface area (Å²) < 4.78 is 5.53. The first-order valence-corrected chi connectivity index (χ1v) is 8.91. The summed E-state index contributed by atoms with van der Waals surface area (Å²) in [6.45, 7) is 16.1. The molecule has 0 aliphatic rings. The van der Waals surface area contributed by atoms with Crippen molar-refractivity contribution in [1.29, 1.82) is 0 Å². The maximum Gasteiger partial charge on any atom is 0.314 e. The molecule has 0 radical (unpaired) electrons. The predicted octanol–water partition coefficient (Wildman–Crippen LogP) is 4.54. The molecule has 1 aromatic carbocycles. The molecule has 0 saturated heterocycles.